The molecule has 262 valence electrons. The van der Waals surface area contributed by atoms with E-state index in [2.05, 4.69) is 27.6 Å². The highest BCUT2D eigenvalue weighted by molar-refractivity contribution is 6.03. The number of pyridine rings is 1. The van der Waals surface area contributed by atoms with Crippen molar-refractivity contribution in [2.75, 3.05) is 57.6 Å². The number of aromatic nitrogens is 3. The molecule has 3 atom stereocenters. The van der Waals surface area contributed by atoms with Crippen LogP contribution in [-0.4, -0.2) is 89.2 Å². The first-order chi connectivity index (χ1) is 24.3. The van der Waals surface area contributed by atoms with E-state index in [0.717, 1.165) is 71.1 Å². The van der Waals surface area contributed by atoms with Crippen LogP contribution in [0.5, 0.6) is 11.8 Å². The van der Waals surface area contributed by atoms with Crippen molar-refractivity contribution in [3.8, 4) is 35.4 Å². The molecule has 1 aliphatic carbocycles. The van der Waals surface area contributed by atoms with Crippen LogP contribution in [0.15, 0.2) is 30.5 Å². The number of hydrogen-bond acceptors (Lipinski definition) is 9. The second-order valence-electron chi connectivity index (χ2n) is 14.5. The van der Waals surface area contributed by atoms with Gasteiger partial charge in [-0.2, -0.15) is 9.97 Å². The minimum absolute atomic E-state index is 0.0315. The van der Waals surface area contributed by atoms with Crippen molar-refractivity contribution in [3.63, 3.8) is 0 Å². The fourth-order valence-corrected chi connectivity index (χ4v) is 9.27. The monoisotopic (exact) mass is 683 g/mol. The fourth-order valence-electron chi connectivity index (χ4n) is 9.27. The van der Waals surface area contributed by atoms with E-state index in [-0.39, 0.29) is 50.4 Å². The van der Waals surface area contributed by atoms with E-state index in [4.69, 9.17) is 30.6 Å². The normalized spacial score (nSPS) is 26.1. The number of likely N-dealkylation sites (tertiary alicyclic amines) is 1. The number of halogens is 2. The van der Waals surface area contributed by atoms with E-state index in [0.29, 0.717) is 55.5 Å². The second-order valence-corrected chi connectivity index (χ2v) is 14.5. The van der Waals surface area contributed by atoms with Crippen LogP contribution in [0, 0.1) is 29.4 Å². The number of nitrogens with zero attached hydrogens (tertiary/aromatic N) is 5. The summed E-state index contributed by atoms with van der Waals surface area (Å²) in [4.78, 5) is 18.9. The third-order valence-electron chi connectivity index (χ3n) is 11.8. The summed E-state index contributed by atoms with van der Waals surface area (Å²) in [6.07, 6.45) is 15.6. The van der Waals surface area contributed by atoms with Gasteiger partial charge < -0.3 is 24.2 Å². The van der Waals surface area contributed by atoms with Gasteiger partial charge in [0.1, 0.15) is 28.6 Å². The Kier molecular flexibility index (Phi) is 8.74. The molecule has 3 aliphatic heterocycles. The molecule has 4 aliphatic rings. The minimum Gasteiger partial charge on any atom is -0.508 e. The molecule has 4 aromatic rings. The van der Waals surface area contributed by atoms with Crippen molar-refractivity contribution < 1.29 is 28.1 Å². The standard InChI is InChI=1S/C39H43F2N5O4/c1-3-28-31(40)10-9-25-20-27(47)21-29(32(25)28)34-33(41)35-30(22-42-34)36(45-14-7-18-48-19-16-45)44-37(43-35)50-24-39-12-5-11-38(39,2)46(15-6-13-39)26-8-4-17-49-23-26/h1,9-10,20-22,26,47H,4-8,11-19,23-24H2,2H3/t26?,38-,39-/m1/s1. The maximum atomic E-state index is 17.0. The van der Waals surface area contributed by atoms with Gasteiger partial charge in [-0.15, -0.1) is 6.42 Å². The molecule has 11 heteroatoms. The molecule has 0 radical (unpaired) electrons. The molecule has 1 unspecified atom stereocenters. The molecule has 50 heavy (non-hydrogen) atoms. The van der Waals surface area contributed by atoms with Gasteiger partial charge in [0, 0.05) is 60.4 Å². The van der Waals surface area contributed by atoms with Crippen LogP contribution in [-0.2, 0) is 9.47 Å². The van der Waals surface area contributed by atoms with Crippen molar-refractivity contribution in [1.82, 2.24) is 19.9 Å². The molecule has 5 heterocycles. The summed E-state index contributed by atoms with van der Waals surface area (Å²) in [7, 11) is 0. The highest BCUT2D eigenvalue weighted by Crippen LogP contribution is 2.56. The lowest BCUT2D eigenvalue weighted by Gasteiger charge is -2.57. The number of phenolic OH excluding ortho intramolecular Hbond substituents is 1. The topological polar surface area (TPSA) is 93.1 Å². The predicted molar refractivity (Wildman–Crippen MR) is 187 cm³/mol. The first-order valence-corrected chi connectivity index (χ1v) is 17.9. The van der Waals surface area contributed by atoms with Crippen LogP contribution in [0.1, 0.15) is 63.9 Å². The molecule has 9 nitrogen and oxygen atoms in total. The van der Waals surface area contributed by atoms with Gasteiger partial charge in [-0.1, -0.05) is 18.4 Å². The van der Waals surface area contributed by atoms with E-state index in [9.17, 15) is 9.50 Å². The number of ether oxygens (including phenoxy) is 3. The number of hydrogen-bond donors (Lipinski definition) is 1. The van der Waals surface area contributed by atoms with Gasteiger partial charge in [0.15, 0.2) is 5.82 Å². The van der Waals surface area contributed by atoms with Crippen molar-refractivity contribution in [2.45, 2.75) is 69.9 Å². The van der Waals surface area contributed by atoms with E-state index in [1.165, 1.54) is 24.3 Å². The van der Waals surface area contributed by atoms with Crippen molar-refractivity contribution in [1.29, 1.82) is 0 Å². The molecule has 8 rings (SSSR count). The fraction of sp³-hybridized carbons (Fsp3) is 0.513. The minimum atomic E-state index is -0.730. The smallest absolute Gasteiger partial charge is 0.319 e. The number of piperidine rings is 1. The molecule has 0 spiro atoms. The summed E-state index contributed by atoms with van der Waals surface area (Å²) < 4.78 is 50.2. The Hall–Kier alpha value is -4.11. The average molecular weight is 684 g/mol. The number of aromatic hydroxyl groups is 1. The van der Waals surface area contributed by atoms with Crippen LogP contribution in [0.25, 0.3) is 32.9 Å². The number of anilines is 1. The van der Waals surface area contributed by atoms with Crippen LogP contribution < -0.4 is 9.64 Å². The predicted octanol–water partition coefficient (Wildman–Crippen LogP) is 6.62. The van der Waals surface area contributed by atoms with E-state index < -0.39 is 11.6 Å². The summed E-state index contributed by atoms with van der Waals surface area (Å²) >= 11 is 0. The number of phenols is 1. The van der Waals surface area contributed by atoms with E-state index in [1.807, 2.05) is 0 Å². The maximum Gasteiger partial charge on any atom is 0.319 e. The molecule has 4 fully saturated rings. The van der Waals surface area contributed by atoms with Gasteiger partial charge >= 0.3 is 6.01 Å². The Morgan fingerprint density at radius 2 is 1.88 bits per heavy atom. The van der Waals surface area contributed by atoms with Gasteiger partial charge in [0.05, 0.1) is 30.8 Å². The van der Waals surface area contributed by atoms with E-state index >= 15 is 4.39 Å². The molecule has 2 aromatic heterocycles. The molecular weight excluding hydrogens is 640 g/mol. The number of benzene rings is 2. The SMILES string of the molecule is C#Cc1c(F)ccc2cc(O)cc(-c3ncc4c(N5CCCOCC5)nc(OC[C@@]56CCCN(C7CCCOC7)[C@]5(C)CCC6)nc4c3F)c12. The molecule has 1 saturated carbocycles. The van der Waals surface area contributed by atoms with Gasteiger partial charge in [-0.25, -0.2) is 8.78 Å². The zero-order valence-electron chi connectivity index (χ0n) is 28.5. The highest BCUT2D eigenvalue weighted by atomic mass is 19.1. The third-order valence-corrected chi connectivity index (χ3v) is 11.8. The lowest BCUT2D eigenvalue weighted by Crippen LogP contribution is -2.64. The summed E-state index contributed by atoms with van der Waals surface area (Å²) in [6.45, 7) is 7.83. The van der Waals surface area contributed by atoms with Crippen molar-refractivity contribution in [2.24, 2.45) is 5.41 Å². The zero-order valence-corrected chi connectivity index (χ0v) is 28.5. The summed E-state index contributed by atoms with van der Waals surface area (Å²) in [6, 6.07) is 6.07. The van der Waals surface area contributed by atoms with Gasteiger partial charge in [0.2, 0.25) is 0 Å². The molecule has 1 N–H and O–H groups in total. The summed E-state index contributed by atoms with van der Waals surface area (Å²) in [5.41, 5.74) is -0.0821. The second kappa shape index (κ2) is 13.2. The van der Waals surface area contributed by atoms with Crippen molar-refractivity contribution in [3.05, 3.63) is 47.7 Å². The van der Waals surface area contributed by atoms with Crippen LogP contribution in [0.3, 0.4) is 0 Å². The first kappa shape index (κ1) is 33.1. The van der Waals surface area contributed by atoms with Crippen LogP contribution in [0.4, 0.5) is 14.6 Å². The number of rotatable bonds is 6. The van der Waals surface area contributed by atoms with Crippen molar-refractivity contribution >= 4 is 27.5 Å². The molecule has 0 bridgehead atoms. The zero-order chi connectivity index (χ0) is 34.5. The van der Waals surface area contributed by atoms with Gasteiger partial charge in [0.25, 0.3) is 0 Å². The molecule has 0 amide bonds. The Morgan fingerprint density at radius 3 is 2.72 bits per heavy atom. The quantitative estimate of drug-likeness (QED) is 0.225. The lowest BCUT2D eigenvalue weighted by atomic mass is 9.66. The van der Waals surface area contributed by atoms with E-state index in [1.54, 1.807) is 6.20 Å². The summed E-state index contributed by atoms with van der Waals surface area (Å²) in [5, 5.41) is 11.8. The van der Waals surface area contributed by atoms with Gasteiger partial charge in [-0.3, -0.25) is 9.88 Å². The maximum absolute atomic E-state index is 17.0. The largest absolute Gasteiger partial charge is 0.508 e. The molecule has 2 aromatic carbocycles. The van der Waals surface area contributed by atoms with Gasteiger partial charge in [-0.05, 0) is 82.0 Å². The molecule has 3 saturated heterocycles. The summed E-state index contributed by atoms with van der Waals surface area (Å²) in [5.74, 6) is 1.46. The average Bonchev–Trinajstić information content (AvgIpc) is 3.27. The Balaban J connectivity index is 1.22. The Morgan fingerprint density at radius 1 is 1.02 bits per heavy atom. The third kappa shape index (κ3) is 5.52. The van der Waals surface area contributed by atoms with Crippen LogP contribution in [0.2, 0.25) is 0 Å². The Labute approximate surface area is 291 Å². The Bertz CT molecular complexity index is 1970. The first-order valence-electron chi connectivity index (χ1n) is 17.9. The number of fused-ring (bicyclic) bond motifs is 3. The number of terminal acetylenes is 1. The highest BCUT2D eigenvalue weighted by Gasteiger charge is 2.58. The van der Waals surface area contributed by atoms with Crippen LogP contribution >= 0.6 is 0 Å². The molecular formula is C39H43F2N5O4. The lowest BCUT2D eigenvalue weighted by molar-refractivity contribution is -0.111.